The standard InChI is InChI=1S/C22H23BNO2/c1-12(2)16-10-18-17-9-15(13-3-5-14(6-4-13)22(25)26)7-8-19(17)23-21(18)20(24)11-16/h3,5-7,9-13,19H,4,8,24H2,1-2H3,(H,25,26). The number of benzene rings is 1. The fraction of sp³-hybridized carbons (Fsp3) is 0.318. The minimum atomic E-state index is -0.855. The second-order valence-corrected chi connectivity index (χ2v) is 7.70. The molecule has 1 heterocycles. The molecule has 26 heavy (non-hydrogen) atoms. The van der Waals surface area contributed by atoms with Crippen molar-refractivity contribution in [3.05, 3.63) is 64.8 Å². The predicted molar refractivity (Wildman–Crippen MR) is 108 cm³/mol. The van der Waals surface area contributed by atoms with Crippen molar-refractivity contribution >= 4 is 30.0 Å². The van der Waals surface area contributed by atoms with E-state index in [0.29, 0.717) is 17.3 Å². The van der Waals surface area contributed by atoms with Crippen molar-refractivity contribution in [3.8, 4) is 0 Å². The lowest BCUT2D eigenvalue weighted by atomic mass is 9.60. The summed E-state index contributed by atoms with van der Waals surface area (Å²) in [6.07, 6.45) is 11.9. The van der Waals surface area contributed by atoms with E-state index in [9.17, 15) is 4.79 Å². The number of anilines is 1. The Morgan fingerprint density at radius 2 is 2.08 bits per heavy atom. The van der Waals surface area contributed by atoms with Gasteiger partial charge in [0.25, 0.3) is 0 Å². The Morgan fingerprint density at radius 3 is 2.73 bits per heavy atom. The summed E-state index contributed by atoms with van der Waals surface area (Å²) < 4.78 is 0. The number of aliphatic carboxylic acids is 1. The molecule has 0 bridgehead atoms. The van der Waals surface area contributed by atoms with Crippen LogP contribution in [0.5, 0.6) is 0 Å². The SMILES string of the molecule is CC(C)c1cc(N)c2c(c1)C1=CC(C3C=CC(C(=O)O)=CC3)=CCC1[B]2. The van der Waals surface area contributed by atoms with Gasteiger partial charge in [0.1, 0.15) is 0 Å². The van der Waals surface area contributed by atoms with Crippen molar-refractivity contribution in [2.24, 2.45) is 5.92 Å². The van der Waals surface area contributed by atoms with Gasteiger partial charge in [-0.05, 0) is 52.9 Å². The van der Waals surface area contributed by atoms with E-state index in [2.05, 4.69) is 45.4 Å². The monoisotopic (exact) mass is 344 g/mol. The van der Waals surface area contributed by atoms with Gasteiger partial charge in [0.2, 0.25) is 0 Å². The average Bonchev–Trinajstić information content (AvgIpc) is 3.00. The summed E-state index contributed by atoms with van der Waals surface area (Å²) in [6.45, 7) is 4.38. The first kappa shape index (κ1) is 17.0. The first-order chi connectivity index (χ1) is 12.4. The van der Waals surface area contributed by atoms with E-state index in [0.717, 1.165) is 18.5 Å². The zero-order chi connectivity index (χ0) is 18.4. The second-order valence-electron chi connectivity index (χ2n) is 7.70. The first-order valence-electron chi connectivity index (χ1n) is 9.26. The van der Waals surface area contributed by atoms with Crippen LogP contribution in [0.4, 0.5) is 5.69 Å². The third-order valence-corrected chi connectivity index (χ3v) is 5.68. The van der Waals surface area contributed by atoms with Crippen LogP contribution in [0.3, 0.4) is 0 Å². The number of allylic oxidation sites excluding steroid dienone is 6. The normalized spacial score (nSPS) is 23.6. The average molecular weight is 344 g/mol. The maximum absolute atomic E-state index is 11.1. The summed E-state index contributed by atoms with van der Waals surface area (Å²) >= 11 is 0. The van der Waals surface area contributed by atoms with Crippen LogP contribution < -0.4 is 11.2 Å². The molecule has 4 rings (SSSR count). The highest BCUT2D eigenvalue weighted by atomic mass is 16.4. The molecule has 2 unspecified atom stereocenters. The highest BCUT2D eigenvalue weighted by Crippen LogP contribution is 2.43. The van der Waals surface area contributed by atoms with Gasteiger partial charge in [0, 0.05) is 11.6 Å². The van der Waals surface area contributed by atoms with E-state index in [1.807, 2.05) is 12.2 Å². The molecule has 0 aromatic heterocycles. The Morgan fingerprint density at radius 1 is 1.27 bits per heavy atom. The minimum Gasteiger partial charge on any atom is -0.478 e. The number of carbonyl (C=O) groups is 1. The van der Waals surface area contributed by atoms with Gasteiger partial charge in [0.05, 0.1) is 5.57 Å². The quantitative estimate of drug-likeness (QED) is 0.647. The van der Waals surface area contributed by atoms with Crippen molar-refractivity contribution in [1.82, 2.24) is 0 Å². The van der Waals surface area contributed by atoms with E-state index in [-0.39, 0.29) is 5.92 Å². The fourth-order valence-corrected chi connectivity index (χ4v) is 4.11. The molecule has 131 valence electrons. The van der Waals surface area contributed by atoms with E-state index in [1.54, 1.807) is 6.08 Å². The van der Waals surface area contributed by atoms with Crippen molar-refractivity contribution in [3.63, 3.8) is 0 Å². The lowest BCUT2D eigenvalue weighted by molar-refractivity contribution is -0.132. The van der Waals surface area contributed by atoms with Crippen LogP contribution in [0.25, 0.3) is 5.57 Å². The zero-order valence-electron chi connectivity index (χ0n) is 15.2. The van der Waals surface area contributed by atoms with Crippen LogP contribution in [-0.4, -0.2) is 18.4 Å². The predicted octanol–water partition coefficient (Wildman–Crippen LogP) is 3.82. The number of carboxylic acids is 1. The van der Waals surface area contributed by atoms with Gasteiger partial charge in [0.15, 0.2) is 7.28 Å². The van der Waals surface area contributed by atoms with Crippen LogP contribution in [0.1, 0.15) is 43.7 Å². The number of hydrogen-bond acceptors (Lipinski definition) is 2. The number of carboxylic acid groups (broad SMARTS) is 1. The molecule has 3 aliphatic rings. The highest BCUT2D eigenvalue weighted by molar-refractivity contribution is 6.64. The molecule has 1 aliphatic heterocycles. The molecule has 1 aromatic rings. The van der Waals surface area contributed by atoms with Gasteiger partial charge >= 0.3 is 5.97 Å². The van der Waals surface area contributed by atoms with Crippen molar-refractivity contribution in [2.45, 2.75) is 38.4 Å². The molecule has 0 spiro atoms. The summed E-state index contributed by atoms with van der Waals surface area (Å²) in [4.78, 5) is 11.1. The Balaban J connectivity index is 1.66. The van der Waals surface area contributed by atoms with Crippen molar-refractivity contribution in [2.75, 3.05) is 5.73 Å². The summed E-state index contributed by atoms with van der Waals surface area (Å²) in [7, 11) is 2.30. The largest absolute Gasteiger partial charge is 0.478 e. The lowest BCUT2D eigenvalue weighted by Crippen LogP contribution is -2.18. The molecular weight excluding hydrogens is 321 g/mol. The Labute approximate surface area is 155 Å². The van der Waals surface area contributed by atoms with Crippen LogP contribution in [0.15, 0.2) is 53.7 Å². The Bertz CT molecular complexity index is 905. The van der Waals surface area contributed by atoms with Gasteiger partial charge in [-0.25, -0.2) is 4.79 Å². The molecule has 2 atom stereocenters. The summed E-state index contributed by atoms with van der Waals surface area (Å²) in [5.74, 6) is 0.242. The summed E-state index contributed by atoms with van der Waals surface area (Å²) in [5.41, 5.74) is 13.9. The maximum Gasteiger partial charge on any atom is 0.335 e. The Hall–Kier alpha value is -2.49. The number of rotatable bonds is 3. The topological polar surface area (TPSA) is 63.3 Å². The second kappa shape index (κ2) is 6.35. The molecule has 1 aromatic carbocycles. The molecule has 0 saturated carbocycles. The molecular formula is C22H23BNO2. The number of fused-ring (bicyclic) bond motifs is 3. The molecule has 4 heteroatoms. The summed E-state index contributed by atoms with van der Waals surface area (Å²) in [6, 6.07) is 4.40. The molecule has 2 aliphatic carbocycles. The lowest BCUT2D eigenvalue weighted by Gasteiger charge is -2.23. The molecule has 3 N–H and O–H groups in total. The fourth-order valence-electron chi connectivity index (χ4n) is 4.11. The number of hydrogen-bond donors (Lipinski definition) is 2. The molecule has 3 nitrogen and oxygen atoms in total. The van der Waals surface area contributed by atoms with Crippen molar-refractivity contribution in [1.29, 1.82) is 0 Å². The van der Waals surface area contributed by atoms with E-state index < -0.39 is 5.97 Å². The third kappa shape index (κ3) is 2.84. The van der Waals surface area contributed by atoms with Gasteiger partial charge in [-0.1, -0.05) is 55.8 Å². The molecule has 0 fully saturated rings. The van der Waals surface area contributed by atoms with Gasteiger partial charge < -0.3 is 10.8 Å². The zero-order valence-corrected chi connectivity index (χ0v) is 15.2. The highest BCUT2D eigenvalue weighted by Gasteiger charge is 2.32. The van der Waals surface area contributed by atoms with Gasteiger partial charge in [-0.15, -0.1) is 0 Å². The Kier molecular flexibility index (Phi) is 4.14. The van der Waals surface area contributed by atoms with Crippen LogP contribution in [0.2, 0.25) is 5.82 Å². The molecule has 1 radical (unpaired) electrons. The van der Waals surface area contributed by atoms with E-state index in [4.69, 9.17) is 10.8 Å². The summed E-state index contributed by atoms with van der Waals surface area (Å²) in [5, 5.41) is 9.10. The third-order valence-electron chi connectivity index (χ3n) is 5.68. The molecule has 0 saturated heterocycles. The minimum absolute atomic E-state index is 0.251. The number of nitrogens with two attached hydrogens (primary N) is 1. The maximum atomic E-state index is 11.1. The van der Waals surface area contributed by atoms with Crippen LogP contribution in [0, 0.1) is 5.92 Å². The van der Waals surface area contributed by atoms with Crippen molar-refractivity contribution < 1.29 is 9.90 Å². The number of nitrogen functional groups attached to an aromatic ring is 1. The van der Waals surface area contributed by atoms with Crippen LogP contribution >= 0.6 is 0 Å². The van der Waals surface area contributed by atoms with Crippen LogP contribution in [-0.2, 0) is 4.79 Å². The molecule has 0 amide bonds. The van der Waals surface area contributed by atoms with Gasteiger partial charge in [-0.2, -0.15) is 0 Å². The van der Waals surface area contributed by atoms with E-state index >= 15 is 0 Å². The van der Waals surface area contributed by atoms with Gasteiger partial charge in [-0.3, -0.25) is 0 Å². The first-order valence-corrected chi connectivity index (χ1v) is 9.26. The van der Waals surface area contributed by atoms with E-state index in [1.165, 1.54) is 27.7 Å². The smallest absolute Gasteiger partial charge is 0.335 e.